The molecule has 8 nitrogen and oxygen atoms in total. The van der Waals surface area contributed by atoms with Crippen LogP contribution in [0.25, 0.3) is 0 Å². The minimum atomic E-state index is -0.501. The molecular weight excluding hydrogens is 324 g/mol. The van der Waals surface area contributed by atoms with Gasteiger partial charge in [0.05, 0.1) is 13.2 Å². The number of methoxy groups -OCH3 is 1. The van der Waals surface area contributed by atoms with Crippen molar-refractivity contribution in [3.63, 3.8) is 0 Å². The van der Waals surface area contributed by atoms with Gasteiger partial charge in [-0.05, 0) is 24.1 Å². The topological polar surface area (TPSA) is 107 Å². The van der Waals surface area contributed by atoms with Crippen LogP contribution in [0.3, 0.4) is 0 Å². The summed E-state index contributed by atoms with van der Waals surface area (Å²) in [7, 11) is 3.37. The standard InChI is InChI=1S/C17H28N4O4/c1-19-17(20-7-4-8-24-10-9-23-2)21-12-14-5-3-6-15(11-14)25-13-16(18)22/h3,5-6,11H,4,7-10,12-13H2,1-2H3,(H2,18,22)(H2,19,20,21). The number of nitrogens with two attached hydrogens (primary N) is 1. The summed E-state index contributed by atoms with van der Waals surface area (Å²) in [6, 6.07) is 7.46. The molecule has 0 fully saturated rings. The Balaban J connectivity index is 2.27. The van der Waals surface area contributed by atoms with E-state index in [2.05, 4.69) is 15.6 Å². The van der Waals surface area contributed by atoms with Gasteiger partial charge in [-0.25, -0.2) is 0 Å². The first-order valence-electron chi connectivity index (χ1n) is 8.17. The Hall–Kier alpha value is -2.32. The first-order chi connectivity index (χ1) is 12.2. The Morgan fingerprint density at radius 3 is 2.80 bits per heavy atom. The summed E-state index contributed by atoms with van der Waals surface area (Å²) in [5, 5.41) is 6.44. The van der Waals surface area contributed by atoms with Gasteiger partial charge in [-0.3, -0.25) is 9.79 Å². The fourth-order valence-corrected chi connectivity index (χ4v) is 1.93. The third kappa shape index (κ3) is 10.2. The van der Waals surface area contributed by atoms with Crippen molar-refractivity contribution >= 4 is 11.9 Å². The normalized spacial score (nSPS) is 11.2. The number of carbonyl (C=O) groups is 1. The molecule has 0 bridgehead atoms. The number of nitrogens with one attached hydrogen (secondary N) is 2. The van der Waals surface area contributed by atoms with Gasteiger partial charge in [0, 0.05) is 33.9 Å². The van der Waals surface area contributed by atoms with Gasteiger partial charge in [0.1, 0.15) is 5.75 Å². The molecule has 0 saturated heterocycles. The van der Waals surface area contributed by atoms with Gasteiger partial charge >= 0.3 is 0 Å². The van der Waals surface area contributed by atoms with Crippen molar-refractivity contribution in [1.82, 2.24) is 10.6 Å². The summed E-state index contributed by atoms with van der Waals surface area (Å²) >= 11 is 0. The van der Waals surface area contributed by atoms with E-state index in [1.54, 1.807) is 20.2 Å². The third-order valence-electron chi connectivity index (χ3n) is 3.15. The molecule has 1 amide bonds. The highest BCUT2D eigenvalue weighted by atomic mass is 16.5. The molecule has 1 aromatic carbocycles. The second kappa shape index (κ2) is 13.0. The fourth-order valence-electron chi connectivity index (χ4n) is 1.93. The Morgan fingerprint density at radius 2 is 2.08 bits per heavy atom. The van der Waals surface area contributed by atoms with Crippen LogP contribution in [0.4, 0.5) is 0 Å². The highest BCUT2D eigenvalue weighted by molar-refractivity contribution is 5.79. The van der Waals surface area contributed by atoms with Crippen molar-refractivity contribution in [2.24, 2.45) is 10.7 Å². The molecule has 1 rings (SSSR count). The number of hydrogen-bond donors (Lipinski definition) is 3. The SMILES string of the molecule is CN=C(NCCCOCCOC)NCc1cccc(OCC(N)=O)c1. The predicted molar refractivity (Wildman–Crippen MR) is 96.6 cm³/mol. The predicted octanol–water partition coefficient (Wildman–Crippen LogP) is 0.269. The Morgan fingerprint density at radius 1 is 1.24 bits per heavy atom. The second-order valence-electron chi connectivity index (χ2n) is 5.21. The van der Waals surface area contributed by atoms with Crippen LogP contribution in [-0.2, 0) is 20.8 Å². The maximum absolute atomic E-state index is 10.8. The summed E-state index contributed by atoms with van der Waals surface area (Å²) < 4.78 is 15.6. The van der Waals surface area contributed by atoms with E-state index in [1.807, 2.05) is 18.2 Å². The van der Waals surface area contributed by atoms with Gasteiger partial charge in [-0.2, -0.15) is 0 Å². The number of nitrogens with zero attached hydrogens (tertiary/aromatic N) is 1. The molecule has 0 aliphatic carbocycles. The second-order valence-corrected chi connectivity index (χ2v) is 5.21. The molecule has 0 heterocycles. The van der Waals surface area contributed by atoms with E-state index in [1.165, 1.54) is 0 Å². The first kappa shape index (κ1) is 20.7. The lowest BCUT2D eigenvalue weighted by Crippen LogP contribution is -2.37. The number of guanidine groups is 1. The zero-order valence-corrected chi connectivity index (χ0v) is 14.9. The summed E-state index contributed by atoms with van der Waals surface area (Å²) in [4.78, 5) is 14.9. The van der Waals surface area contributed by atoms with Crippen molar-refractivity contribution < 1.29 is 19.0 Å². The van der Waals surface area contributed by atoms with Gasteiger partial charge in [0.15, 0.2) is 12.6 Å². The van der Waals surface area contributed by atoms with Crippen LogP contribution in [0, 0.1) is 0 Å². The van der Waals surface area contributed by atoms with Gasteiger partial charge in [0.2, 0.25) is 0 Å². The molecule has 1 aromatic rings. The molecular formula is C17H28N4O4. The zero-order chi connectivity index (χ0) is 18.3. The minimum Gasteiger partial charge on any atom is -0.484 e. The van der Waals surface area contributed by atoms with Crippen LogP contribution >= 0.6 is 0 Å². The lowest BCUT2D eigenvalue weighted by Gasteiger charge is -2.12. The van der Waals surface area contributed by atoms with Crippen molar-refractivity contribution in [3.05, 3.63) is 29.8 Å². The monoisotopic (exact) mass is 352 g/mol. The summed E-state index contributed by atoms with van der Waals surface area (Å²) in [5.74, 6) is 0.814. The minimum absolute atomic E-state index is 0.132. The van der Waals surface area contributed by atoms with Gasteiger partial charge in [-0.1, -0.05) is 12.1 Å². The lowest BCUT2D eigenvalue weighted by atomic mass is 10.2. The molecule has 8 heteroatoms. The van der Waals surface area contributed by atoms with Gasteiger partial charge in [0.25, 0.3) is 5.91 Å². The number of rotatable bonds is 12. The molecule has 0 radical (unpaired) electrons. The van der Waals surface area contributed by atoms with Crippen molar-refractivity contribution in [2.45, 2.75) is 13.0 Å². The van der Waals surface area contributed by atoms with Gasteiger partial charge < -0.3 is 30.6 Å². The van der Waals surface area contributed by atoms with Crippen LogP contribution in [-0.4, -0.2) is 59.0 Å². The lowest BCUT2D eigenvalue weighted by molar-refractivity contribution is -0.119. The Kier molecular flexibility index (Phi) is 10.8. The molecule has 0 saturated carbocycles. The average molecular weight is 352 g/mol. The van der Waals surface area contributed by atoms with Gasteiger partial charge in [-0.15, -0.1) is 0 Å². The van der Waals surface area contributed by atoms with Crippen molar-refractivity contribution in [1.29, 1.82) is 0 Å². The first-order valence-corrected chi connectivity index (χ1v) is 8.17. The van der Waals surface area contributed by atoms with E-state index < -0.39 is 5.91 Å². The summed E-state index contributed by atoms with van der Waals surface area (Å²) in [5.41, 5.74) is 6.08. The molecule has 0 atom stereocenters. The molecule has 0 aliphatic rings. The molecule has 0 spiro atoms. The smallest absolute Gasteiger partial charge is 0.255 e. The Labute approximate surface area is 148 Å². The maximum Gasteiger partial charge on any atom is 0.255 e. The highest BCUT2D eigenvalue weighted by Gasteiger charge is 2.01. The molecule has 0 aliphatic heterocycles. The zero-order valence-electron chi connectivity index (χ0n) is 14.9. The average Bonchev–Trinajstić information content (AvgIpc) is 2.62. The van der Waals surface area contributed by atoms with E-state index in [9.17, 15) is 4.79 Å². The number of amides is 1. The van der Waals surface area contributed by atoms with Crippen LogP contribution in [0.5, 0.6) is 5.75 Å². The van der Waals surface area contributed by atoms with E-state index in [0.717, 1.165) is 18.5 Å². The van der Waals surface area contributed by atoms with Crippen LogP contribution in [0.2, 0.25) is 0 Å². The quantitative estimate of drug-likeness (QED) is 0.283. The van der Waals surface area contributed by atoms with Crippen LogP contribution < -0.4 is 21.1 Å². The number of aliphatic imine (C=N–C) groups is 1. The van der Waals surface area contributed by atoms with Crippen molar-refractivity contribution in [3.8, 4) is 5.75 Å². The number of carbonyl (C=O) groups excluding carboxylic acids is 1. The Bertz CT molecular complexity index is 537. The third-order valence-corrected chi connectivity index (χ3v) is 3.15. The number of benzene rings is 1. The maximum atomic E-state index is 10.8. The molecule has 25 heavy (non-hydrogen) atoms. The van der Waals surface area contributed by atoms with Crippen LogP contribution in [0.15, 0.2) is 29.3 Å². The number of primary amides is 1. The molecule has 4 N–H and O–H groups in total. The molecule has 140 valence electrons. The fraction of sp³-hybridized carbons (Fsp3) is 0.529. The molecule has 0 aromatic heterocycles. The number of ether oxygens (including phenoxy) is 3. The van der Waals surface area contributed by atoms with Crippen molar-refractivity contribution in [2.75, 3.05) is 47.1 Å². The highest BCUT2D eigenvalue weighted by Crippen LogP contribution is 2.12. The number of hydrogen-bond acceptors (Lipinski definition) is 5. The summed E-state index contributed by atoms with van der Waals surface area (Å²) in [6.07, 6.45) is 0.876. The summed E-state index contributed by atoms with van der Waals surface area (Å²) in [6.45, 7) is 3.10. The van der Waals surface area contributed by atoms with E-state index in [0.29, 0.717) is 38.1 Å². The largest absolute Gasteiger partial charge is 0.484 e. The van der Waals surface area contributed by atoms with E-state index >= 15 is 0 Å². The van der Waals surface area contributed by atoms with Crippen LogP contribution in [0.1, 0.15) is 12.0 Å². The van der Waals surface area contributed by atoms with E-state index in [4.69, 9.17) is 19.9 Å². The van der Waals surface area contributed by atoms with E-state index in [-0.39, 0.29) is 6.61 Å². The molecule has 0 unspecified atom stereocenters.